The third-order valence-electron chi connectivity index (χ3n) is 4.59. The topological polar surface area (TPSA) is 83.6 Å². The van der Waals surface area contributed by atoms with E-state index in [1.165, 1.54) is 40.7 Å². The molecule has 1 saturated heterocycles. The van der Waals surface area contributed by atoms with Gasteiger partial charge in [-0.2, -0.15) is 4.31 Å². The van der Waals surface area contributed by atoms with Crippen LogP contribution >= 0.6 is 0 Å². The second-order valence-corrected chi connectivity index (χ2v) is 10.3. The van der Waals surface area contributed by atoms with Crippen molar-refractivity contribution in [1.29, 1.82) is 0 Å². The molecule has 1 aliphatic rings. The van der Waals surface area contributed by atoms with Crippen molar-refractivity contribution in [3.8, 4) is 0 Å². The molecule has 1 heterocycles. The van der Waals surface area contributed by atoms with Crippen molar-refractivity contribution in [2.45, 2.75) is 29.6 Å². The fraction of sp³-hybridized carbons (Fsp3) is 0.333. The molecule has 3 rings (SSSR count). The minimum atomic E-state index is -3.96. The van der Waals surface area contributed by atoms with E-state index in [0.29, 0.717) is 19.0 Å². The molecule has 1 N–H and O–H groups in total. The molecule has 0 spiro atoms. The number of rotatable bonds is 5. The number of nitrogens with zero attached hydrogens (tertiary/aromatic N) is 1. The van der Waals surface area contributed by atoms with Gasteiger partial charge in [0.05, 0.1) is 9.79 Å². The Bertz CT molecular complexity index is 1010. The number of nitrogens with one attached hydrogen (secondary N) is 1. The van der Waals surface area contributed by atoms with Crippen LogP contribution in [0.2, 0.25) is 0 Å². The van der Waals surface area contributed by atoms with Crippen LogP contribution in [0.3, 0.4) is 0 Å². The average Bonchev–Trinajstić information content (AvgIpc) is 2.62. The highest BCUT2D eigenvalue weighted by Gasteiger charge is 2.28. The zero-order valence-electron chi connectivity index (χ0n) is 14.8. The lowest BCUT2D eigenvalue weighted by Gasteiger charge is -2.29. The summed E-state index contributed by atoms with van der Waals surface area (Å²) in [6, 6.07) is 10.2. The van der Waals surface area contributed by atoms with Crippen LogP contribution in [0.4, 0.5) is 10.1 Å². The van der Waals surface area contributed by atoms with E-state index in [4.69, 9.17) is 0 Å². The van der Waals surface area contributed by atoms with Gasteiger partial charge in [-0.05, 0) is 61.2 Å². The number of halogens is 1. The van der Waals surface area contributed by atoms with Crippen molar-refractivity contribution >= 4 is 25.7 Å². The lowest BCUT2D eigenvalue weighted by atomic mass is 10.0. The van der Waals surface area contributed by atoms with Crippen LogP contribution in [0.25, 0.3) is 0 Å². The van der Waals surface area contributed by atoms with Crippen LogP contribution in [0, 0.1) is 11.7 Å². The molecule has 6 nitrogen and oxygen atoms in total. The van der Waals surface area contributed by atoms with Crippen molar-refractivity contribution in [3.63, 3.8) is 0 Å². The summed E-state index contributed by atoms with van der Waals surface area (Å²) in [5.74, 6) is -0.147. The van der Waals surface area contributed by atoms with E-state index in [0.717, 1.165) is 25.0 Å². The SMILES string of the molecule is CC1CCN(S(=O)(=O)c2ccc(NS(=O)(=O)c3cccc(F)c3)cc2)CC1. The lowest BCUT2D eigenvalue weighted by Crippen LogP contribution is -2.37. The second kappa shape index (κ2) is 7.57. The Morgan fingerprint density at radius 2 is 1.59 bits per heavy atom. The summed E-state index contributed by atoms with van der Waals surface area (Å²) in [6.45, 7) is 3.07. The molecule has 0 amide bonds. The van der Waals surface area contributed by atoms with E-state index < -0.39 is 25.9 Å². The molecule has 27 heavy (non-hydrogen) atoms. The predicted molar refractivity (Wildman–Crippen MR) is 101 cm³/mol. The fourth-order valence-electron chi connectivity index (χ4n) is 2.92. The summed E-state index contributed by atoms with van der Waals surface area (Å²) in [5, 5.41) is 0. The standard InChI is InChI=1S/C18H21FN2O4S2/c1-14-9-11-21(12-10-14)27(24,25)17-7-5-16(6-8-17)20-26(22,23)18-4-2-3-15(19)13-18/h2-8,13-14,20H,9-12H2,1H3. The quantitative estimate of drug-likeness (QED) is 0.818. The van der Waals surface area contributed by atoms with E-state index in [-0.39, 0.29) is 15.5 Å². The molecule has 146 valence electrons. The van der Waals surface area contributed by atoms with E-state index in [1.54, 1.807) is 0 Å². The Balaban J connectivity index is 1.77. The molecule has 0 aromatic heterocycles. The first-order chi connectivity index (χ1) is 12.7. The molecule has 1 fully saturated rings. The Morgan fingerprint density at radius 1 is 0.963 bits per heavy atom. The van der Waals surface area contributed by atoms with Crippen LogP contribution in [-0.4, -0.2) is 34.2 Å². The molecular weight excluding hydrogens is 391 g/mol. The smallest absolute Gasteiger partial charge is 0.261 e. The maximum Gasteiger partial charge on any atom is 0.261 e. The van der Waals surface area contributed by atoms with Gasteiger partial charge in [0.25, 0.3) is 10.0 Å². The summed E-state index contributed by atoms with van der Waals surface area (Å²) >= 11 is 0. The maximum absolute atomic E-state index is 13.3. The van der Waals surface area contributed by atoms with Gasteiger partial charge in [-0.3, -0.25) is 4.72 Å². The number of hydrogen-bond acceptors (Lipinski definition) is 4. The number of hydrogen-bond donors (Lipinski definition) is 1. The molecule has 2 aromatic rings. The van der Waals surface area contributed by atoms with Crippen molar-refractivity contribution in [2.75, 3.05) is 17.8 Å². The highest BCUT2D eigenvalue weighted by molar-refractivity contribution is 7.92. The van der Waals surface area contributed by atoms with E-state index in [2.05, 4.69) is 11.6 Å². The van der Waals surface area contributed by atoms with Gasteiger partial charge in [0.15, 0.2) is 0 Å². The number of piperidine rings is 1. The Hall–Kier alpha value is -1.97. The first kappa shape index (κ1) is 19.8. The van der Waals surface area contributed by atoms with Gasteiger partial charge >= 0.3 is 0 Å². The third kappa shape index (κ3) is 4.48. The largest absolute Gasteiger partial charge is 0.280 e. The molecule has 0 radical (unpaired) electrons. The van der Waals surface area contributed by atoms with Gasteiger partial charge in [0.1, 0.15) is 5.82 Å². The zero-order valence-corrected chi connectivity index (χ0v) is 16.4. The number of anilines is 1. The minimum absolute atomic E-state index is 0.116. The van der Waals surface area contributed by atoms with Crippen molar-refractivity contribution in [2.24, 2.45) is 5.92 Å². The summed E-state index contributed by atoms with van der Waals surface area (Å²) in [4.78, 5) is -0.0904. The van der Waals surface area contributed by atoms with Crippen LogP contribution in [0.5, 0.6) is 0 Å². The average molecular weight is 413 g/mol. The molecule has 1 aliphatic heterocycles. The van der Waals surface area contributed by atoms with E-state index in [1.807, 2.05) is 0 Å². The monoisotopic (exact) mass is 412 g/mol. The van der Waals surface area contributed by atoms with Crippen LogP contribution in [0.1, 0.15) is 19.8 Å². The Morgan fingerprint density at radius 3 is 2.19 bits per heavy atom. The molecule has 0 atom stereocenters. The summed E-state index contributed by atoms with van der Waals surface area (Å²) < 4.78 is 67.0. The maximum atomic E-state index is 13.3. The number of sulfonamides is 2. The molecule has 0 aliphatic carbocycles. The van der Waals surface area contributed by atoms with Gasteiger partial charge in [-0.1, -0.05) is 13.0 Å². The van der Waals surface area contributed by atoms with Crippen molar-refractivity contribution in [3.05, 3.63) is 54.3 Å². The predicted octanol–water partition coefficient (Wildman–Crippen LogP) is 3.05. The molecule has 0 saturated carbocycles. The van der Waals surface area contributed by atoms with Crippen LogP contribution in [-0.2, 0) is 20.0 Å². The number of benzene rings is 2. The van der Waals surface area contributed by atoms with Gasteiger partial charge in [0, 0.05) is 18.8 Å². The Kier molecular flexibility index (Phi) is 5.55. The van der Waals surface area contributed by atoms with Gasteiger partial charge in [-0.25, -0.2) is 21.2 Å². The van der Waals surface area contributed by atoms with Gasteiger partial charge in [0.2, 0.25) is 10.0 Å². The van der Waals surface area contributed by atoms with Gasteiger partial charge < -0.3 is 0 Å². The minimum Gasteiger partial charge on any atom is -0.280 e. The highest BCUT2D eigenvalue weighted by atomic mass is 32.2. The molecule has 0 unspecified atom stereocenters. The van der Waals surface area contributed by atoms with Crippen LogP contribution in [0.15, 0.2) is 58.3 Å². The molecule has 2 aromatic carbocycles. The molecule has 9 heteroatoms. The lowest BCUT2D eigenvalue weighted by molar-refractivity contribution is 0.288. The first-order valence-corrected chi connectivity index (χ1v) is 11.5. The summed E-state index contributed by atoms with van der Waals surface area (Å²) in [7, 11) is -7.56. The van der Waals surface area contributed by atoms with Gasteiger partial charge in [-0.15, -0.1) is 0 Å². The summed E-state index contributed by atoms with van der Waals surface area (Å²) in [6.07, 6.45) is 1.65. The third-order valence-corrected chi connectivity index (χ3v) is 7.89. The van der Waals surface area contributed by atoms with E-state index in [9.17, 15) is 21.2 Å². The highest BCUT2D eigenvalue weighted by Crippen LogP contribution is 2.25. The normalized spacial score (nSPS) is 17.0. The fourth-order valence-corrected chi connectivity index (χ4v) is 5.48. The van der Waals surface area contributed by atoms with Crippen molar-refractivity contribution in [1.82, 2.24) is 4.31 Å². The summed E-state index contributed by atoms with van der Waals surface area (Å²) in [5.41, 5.74) is 0.200. The molecular formula is C18H21FN2O4S2. The molecule has 0 bridgehead atoms. The first-order valence-electron chi connectivity index (χ1n) is 8.57. The van der Waals surface area contributed by atoms with Crippen molar-refractivity contribution < 1.29 is 21.2 Å². The Labute approximate surface area is 159 Å². The second-order valence-electron chi connectivity index (χ2n) is 6.67. The van der Waals surface area contributed by atoms with E-state index >= 15 is 0 Å². The zero-order chi connectivity index (χ0) is 19.7. The van der Waals surface area contributed by atoms with Crippen LogP contribution < -0.4 is 4.72 Å².